The SMILES string of the molecule is C=CCOC(=O)CCc1c(C(=O)OC(C)(C)C)[nH]c(/C=C2\NC(=O)C(C)=C2C(C)OC)c1C. The summed E-state index contributed by atoms with van der Waals surface area (Å²) in [6, 6.07) is 0. The van der Waals surface area contributed by atoms with Crippen LogP contribution in [0.1, 0.15) is 68.3 Å². The van der Waals surface area contributed by atoms with Crippen LogP contribution in [0.2, 0.25) is 0 Å². The summed E-state index contributed by atoms with van der Waals surface area (Å²) >= 11 is 0. The fourth-order valence-electron chi connectivity index (χ4n) is 3.57. The van der Waals surface area contributed by atoms with Crippen LogP contribution in [0.3, 0.4) is 0 Å². The van der Waals surface area contributed by atoms with Crippen LogP contribution in [-0.4, -0.2) is 48.3 Å². The fourth-order valence-corrected chi connectivity index (χ4v) is 3.57. The third-order valence-corrected chi connectivity index (χ3v) is 5.29. The third kappa shape index (κ3) is 6.44. The molecule has 180 valence electrons. The minimum absolute atomic E-state index is 0.0973. The summed E-state index contributed by atoms with van der Waals surface area (Å²) < 4.78 is 16.1. The number of hydrogen-bond donors (Lipinski definition) is 2. The maximum absolute atomic E-state index is 12.9. The molecule has 1 aliphatic rings. The van der Waals surface area contributed by atoms with Gasteiger partial charge in [0.2, 0.25) is 0 Å². The molecule has 2 N–H and O–H groups in total. The molecule has 0 saturated heterocycles. The molecule has 2 rings (SSSR count). The van der Waals surface area contributed by atoms with Crippen LogP contribution in [-0.2, 0) is 30.2 Å². The average molecular weight is 459 g/mol. The number of esters is 2. The molecule has 1 atom stereocenters. The van der Waals surface area contributed by atoms with Crippen LogP contribution in [0.15, 0.2) is 29.5 Å². The number of amides is 1. The van der Waals surface area contributed by atoms with E-state index in [-0.39, 0.29) is 36.7 Å². The van der Waals surface area contributed by atoms with Crippen LogP contribution >= 0.6 is 0 Å². The van der Waals surface area contributed by atoms with Crippen molar-refractivity contribution >= 4 is 23.9 Å². The summed E-state index contributed by atoms with van der Waals surface area (Å²) in [5.41, 5.74) is 3.61. The van der Waals surface area contributed by atoms with Crippen molar-refractivity contribution in [3.05, 3.63) is 52.0 Å². The molecule has 0 fully saturated rings. The van der Waals surface area contributed by atoms with E-state index < -0.39 is 11.6 Å². The number of hydrogen-bond acceptors (Lipinski definition) is 6. The number of H-pyrrole nitrogens is 1. The molecule has 1 amide bonds. The Labute approximate surface area is 195 Å². The predicted molar refractivity (Wildman–Crippen MR) is 125 cm³/mol. The topological polar surface area (TPSA) is 107 Å². The van der Waals surface area contributed by atoms with Crippen molar-refractivity contribution < 1.29 is 28.6 Å². The first-order valence-corrected chi connectivity index (χ1v) is 10.9. The zero-order chi connectivity index (χ0) is 24.9. The molecule has 1 aliphatic heterocycles. The Balaban J connectivity index is 2.48. The van der Waals surface area contributed by atoms with Gasteiger partial charge in [0.25, 0.3) is 5.91 Å². The number of nitrogens with one attached hydrogen (secondary N) is 2. The van der Waals surface area contributed by atoms with Gasteiger partial charge in [-0.2, -0.15) is 0 Å². The number of rotatable bonds is 9. The van der Waals surface area contributed by atoms with Gasteiger partial charge in [0.05, 0.1) is 6.10 Å². The second kappa shape index (κ2) is 10.7. The van der Waals surface area contributed by atoms with Crippen LogP contribution in [0.4, 0.5) is 0 Å². The Bertz CT molecular complexity index is 1010. The molecule has 0 radical (unpaired) electrons. The molecule has 8 nitrogen and oxygen atoms in total. The quantitative estimate of drug-likeness (QED) is 0.431. The van der Waals surface area contributed by atoms with E-state index in [4.69, 9.17) is 14.2 Å². The Morgan fingerprint density at radius 1 is 1.21 bits per heavy atom. The largest absolute Gasteiger partial charge is 0.461 e. The van der Waals surface area contributed by atoms with Gasteiger partial charge in [-0.05, 0) is 65.2 Å². The molecule has 33 heavy (non-hydrogen) atoms. The van der Waals surface area contributed by atoms with Crippen LogP contribution in [0.25, 0.3) is 6.08 Å². The Morgan fingerprint density at radius 2 is 1.88 bits per heavy atom. The van der Waals surface area contributed by atoms with E-state index in [2.05, 4.69) is 16.9 Å². The molecule has 0 aliphatic carbocycles. The van der Waals surface area contributed by atoms with Crippen LogP contribution < -0.4 is 5.32 Å². The molecule has 1 unspecified atom stereocenters. The van der Waals surface area contributed by atoms with Gasteiger partial charge in [0.1, 0.15) is 17.9 Å². The molecule has 1 aromatic rings. The second-order valence-electron chi connectivity index (χ2n) is 8.92. The second-order valence-corrected chi connectivity index (χ2v) is 8.92. The van der Waals surface area contributed by atoms with E-state index in [1.165, 1.54) is 6.08 Å². The zero-order valence-corrected chi connectivity index (χ0v) is 20.5. The first-order chi connectivity index (χ1) is 15.4. The van der Waals surface area contributed by atoms with Crippen molar-refractivity contribution in [2.75, 3.05) is 13.7 Å². The zero-order valence-electron chi connectivity index (χ0n) is 20.5. The number of carbonyl (C=O) groups is 3. The minimum Gasteiger partial charge on any atom is -0.461 e. The Kier molecular flexibility index (Phi) is 8.44. The van der Waals surface area contributed by atoms with Crippen molar-refractivity contribution in [1.29, 1.82) is 0 Å². The number of methoxy groups -OCH3 is 1. The number of aromatic nitrogens is 1. The van der Waals surface area contributed by atoms with E-state index in [9.17, 15) is 14.4 Å². The Hall–Kier alpha value is -3.13. The maximum Gasteiger partial charge on any atom is 0.355 e. The van der Waals surface area contributed by atoms with Crippen molar-refractivity contribution in [2.24, 2.45) is 0 Å². The molecule has 0 aromatic carbocycles. The van der Waals surface area contributed by atoms with Gasteiger partial charge in [-0.25, -0.2) is 4.79 Å². The highest BCUT2D eigenvalue weighted by Crippen LogP contribution is 2.30. The first-order valence-electron chi connectivity index (χ1n) is 10.9. The highest BCUT2D eigenvalue weighted by molar-refractivity contribution is 6.01. The molecule has 0 bridgehead atoms. The van der Waals surface area contributed by atoms with E-state index in [0.29, 0.717) is 28.9 Å². The molecule has 2 heterocycles. The smallest absolute Gasteiger partial charge is 0.355 e. The molecule has 0 spiro atoms. The van der Waals surface area contributed by atoms with Crippen LogP contribution in [0, 0.1) is 6.92 Å². The lowest BCUT2D eigenvalue weighted by atomic mass is 10.0. The van der Waals surface area contributed by atoms with E-state index >= 15 is 0 Å². The summed E-state index contributed by atoms with van der Waals surface area (Å²) in [5, 5.41) is 2.86. The summed E-state index contributed by atoms with van der Waals surface area (Å²) in [7, 11) is 1.58. The monoisotopic (exact) mass is 458 g/mol. The summed E-state index contributed by atoms with van der Waals surface area (Å²) in [5.74, 6) is -1.09. The van der Waals surface area contributed by atoms with Crippen LogP contribution in [0.5, 0.6) is 0 Å². The predicted octanol–water partition coefficient (Wildman–Crippen LogP) is 3.76. The maximum atomic E-state index is 12.9. The van der Waals surface area contributed by atoms with Gasteiger partial charge < -0.3 is 24.5 Å². The summed E-state index contributed by atoms with van der Waals surface area (Å²) in [4.78, 5) is 40.4. The van der Waals surface area contributed by atoms with Gasteiger partial charge in [-0.1, -0.05) is 12.7 Å². The van der Waals surface area contributed by atoms with Gasteiger partial charge >= 0.3 is 11.9 Å². The molecular weight excluding hydrogens is 424 g/mol. The lowest BCUT2D eigenvalue weighted by Crippen LogP contribution is -2.25. The minimum atomic E-state index is -0.685. The third-order valence-electron chi connectivity index (χ3n) is 5.29. The van der Waals surface area contributed by atoms with Crippen molar-refractivity contribution in [2.45, 2.75) is 66.1 Å². The summed E-state index contributed by atoms with van der Waals surface area (Å²) in [6.07, 6.45) is 3.37. The Morgan fingerprint density at radius 3 is 2.45 bits per heavy atom. The first kappa shape index (κ1) is 26.1. The fraction of sp³-hybridized carbons (Fsp3) is 0.480. The molecule has 8 heteroatoms. The number of ether oxygens (including phenoxy) is 3. The standard InChI is InChI=1S/C25H34N2O6/c1-9-12-32-20(28)11-10-17-14(2)18(26-22(17)24(30)33-25(5,6)7)13-19-21(16(4)31-8)15(3)23(29)27-19/h9,13,16,26H,1,10-12H2,2-8H3,(H,27,29)/b19-13-. The van der Waals surface area contributed by atoms with Gasteiger partial charge in [0, 0.05) is 36.1 Å². The average Bonchev–Trinajstić information content (AvgIpc) is 3.19. The van der Waals surface area contributed by atoms with Gasteiger partial charge in [-0.3, -0.25) is 9.59 Å². The lowest BCUT2D eigenvalue weighted by molar-refractivity contribution is -0.142. The highest BCUT2D eigenvalue weighted by Gasteiger charge is 2.29. The van der Waals surface area contributed by atoms with Crippen molar-refractivity contribution in [3.63, 3.8) is 0 Å². The molecule has 1 aromatic heterocycles. The van der Waals surface area contributed by atoms with Gasteiger partial charge in [-0.15, -0.1) is 0 Å². The van der Waals surface area contributed by atoms with Gasteiger partial charge in [0.15, 0.2) is 0 Å². The highest BCUT2D eigenvalue weighted by atomic mass is 16.6. The summed E-state index contributed by atoms with van der Waals surface area (Å²) in [6.45, 7) is 14.5. The van der Waals surface area contributed by atoms with E-state index in [1.54, 1.807) is 40.9 Å². The molecule has 0 saturated carbocycles. The number of aromatic amines is 1. The molecular formula is C25H34N2O6. The van der Waals surface area contributed by atoms with E-state index in [1.807, 2.05) is 13.8 Å². The number of carbonyl (C=O) groups excluding carboxylic acids is 3. The normalized spacial score (nSPS) is 16.1. The van der Waals surface area contributed by atoms with Crippen molar-refractivity contribution in [1.82, 2.24) is 10.3 Å². The van der Waals surface area contributed by atoms with Crippen molar-refractivity contribution in [3.8, 4) is 0 Å². The lowest BCUT2D eigenvalue weighted by Gasteiger charge is -2.19. The van der Waals surface area contributed by atoms with E-state index in [0.717, 1.165) is 11.1 Å².